The number of hydrogen-bond acceptors (Lipinski definition) is 6. The molecule has 2 heterocycles. The van der Waals surface area contributed by atoms with E-state index in [-0.39, 0.29) is 23.4 Å². The van der Waals surface area contributed by atoms with Crippen LogP contribution in [-0.4, -0.2) is 39.0 Å². The number of likely N-dealkylation sites (tertiary alicyclic amines) is 1. The van der Waals surface area contributed by atoms with Crippen LogP contribution in [0.1, 0.15) is 66.2 Å². The number of aromatic nitrogens is 2. The third-order valence-electron chi connectivity index (χ3n) is 4.73. The molecule has 1 aliphatic heterocycles. The second kappa shape index (κ2) is 7.23. The summed E-state index contributed by atoms with van der Waals surface area (Å²) in [6.07, 6.45) is 1.47. The molecule has 1 saturated heterocycles. The minimum atomic E-state index is -0.458. The first kappa shape index (κ1) is 18.0. The molecule has 8 heteroatoms. The second-order valence-electron chi connectivity index (χ2n) is 6.96. The van der Waals surface area contributed by atoms with Crippen LogP contribution in [0.25, 0.3) is 0 Å². The molecule has 0 spiro atoms. The maximum absolute atomic E-state index is 12.7. The lowest BCUT2D eigenvalue weighted by Crippen LogP contribution is -2.38. The van der Waals surface area contributed by atoms with Crippen LogP contribution in [0.5, 0.6) is 0 Å². The van der Waals surface area contributed by atoms with Crippen LogP contribution in [-0.2, 0) is 0 Å². The molecule has 1 aliphatic rings. The van der Waals surface area contributed by atoms with E-state index in [1.54, 1.807) is 24.0 Å². The zero-order chi connectivity index (χ0) is 18.8. The molecule has 0 atom stereocenters. The molecule has 138 valence electrons. The number of amides is 1. The Morgan fingerprint density at radius 3 is 2.58 bits per heavy atom. The van der Waals surface area contributed by atoms with Gasteiger partial charge in [0.05, 0.1) is 4.92 Å². The van der Waals surface area contributed by atoms with E-state index in [4.69, 9.17) is 4.42 Å². The minimum Gasteiger partial charge on any atom is -0.425 e. The molecule has 0 N–H and O–H groups in total. The van der Waals surface area contributed by atoms with Crippen molar-refractivity contribution in [2.45, 2.75) is 45.4 Å². The average Bonchev–Trinajstić information content (AvgIpc) is 3.12. The summed E-state index contributed by atoms with van der Waals surface area (Å²) in [7, 11) is 0. The fourth-order valence-electron chi connectivity index (χ4n) is 3.10. The highest BCUT2D eigenvalue weighted by molar-refractivity contribution is 5.95. The molecule has 1 amide bonds. The van der Waals surface area contributed by atoms with Gasteiger partial charge in [0.25, 0.3) is 11.6 Å². The highest BCUT2D eigenvalue weighted by Gasteiger charge is 2.28. The van der Waals surface area contributed by atoms with Gasteiger partial charge in [0.1, 0.15) is 0 Å². The number of rotatable bonds is 4. The summed E-state index contributed by atoms with van der Waals surface area (Å²) in [6, 6.07) is 4.62. The van der Waals surface area contributed by atoms with E-state index in [9.17, 15) is 14.9 Å². The Kier molecular flexibility index (Phi) is 5.01. The van der Waals surface area contributed by atoms with Gasteiger partial charge in [0.2, 0.25) is 11.8 Å². The predicted molar refractivity (Wildman–Crippen MR) is 94.1 cm³/mol. The first-order valence-electron chi connectivity index (χ1n) is 8.74. The molecule has 26 heavy (non-hydrogen) atoms. The molecule has 0 radical (unpaired) electrons. The number of nitrogens with zero attached hydrogens (tertiary/aromatic N) is 4. The number of carbonyl (C=O) groups excluding carboxylic acids is 1. The van der Waals surface area contributed by atoms with Gasteiger partial charge < -0.3 is 9.32 Å². The van der Waals surface area contributed by atoms with Crippen LogP contribution >= 0.6 is 0 Å². The van der Waals surface area contributed by atoms with Crippen molar-refractivity contribution in [1.82, 2.24) is 15.1 Å². The maximum atomic E-state index is 12.7. The zero-order valence-corrected chi connectivity index (χ0v) is 15.1. The van der Waals surface area contributed by atoms with Gasteiger partial charge in [-0.3, -0.25) is 14.9 Å². The van der Waals surface area contributed by atoms with E-state index >= 15 is 0 Å². The number of nitro groups is 1. The molecule has 0 aliphatic carbocycles. The number of nitro benzene ring substituents is 1. The minimum absolute atomic E-state index is 0.0298. The van der Waals surface area contributed by atoms with Crippen LogP contribution in [0.3, 0.4) is 0 Å². The molecular weight excluding hydrogens is 336 g/mol. The highest BCUT2D eigenvalue weighted by Crippen LogP contribution is 2.29. The summed E-state index contributed by atoms with van der Waals surface area (Å²) in [6.45, 7) is 6.78. The fourth-order valence-corrected chi connectivity index (χ4v) is 3.10. The standard InChI is InChI=1S/C18H22N4O4/c1-11(2)16-19-20-17(26-16)13-6-8-21(9-7-13)18(23)14-5-4-12(3)15(10-14)22(24)25/h4-5,10-11,13H,6-9H2,1-3H3. The quantitative estimate of drug-likeness (QED) is 0.613. The number of carbonyl (C=O) groups is 1. The first-order chi connectivity index (χ1) is 12.4. The second-order valence-corrected chi connectivity index (χ2v) is 6.96. The van der Waals surface area contributed by atoms with Crippen molar-refractivity contribution in [1.29, 1.82) is 0 Å². The summed E-state index contributed by atoms with van der Waals surface area (Å²) in [5.74, 6) is 1.42. The van der Waals surface area contributed by atoms with E-state index in [1.165, 1.54) is 6.07 Å². The van der Waals surface area contributed by atoms with Crippen molar-refractivity contribution in [2.75, 3.05) is 13.1 Å². The smallest absolute Gasteiger partial charge is 0.273 e. The predicted octanol–water partition coefficient (Wildman–Crippen LogP) is 3.43. The van der Waals surface area contributed by atoms with Gasteiger partial charge in [-0.1, -0.05) is 19.9 Å². The number of aryl methyl sites for hydroxylation is 1. The Balaban J connectivity index is 1.66. The molecule has 0 saturated carbocycles. The molecule has 3 rings (SSSR count). The number of piperidine rings is 1. The number of benzene rings is 1. The van der Waals surface area contributed by atoms with Crippen molar-refractivity contribution in [2.24, 2.45) is 0 Å². The van der Waals surface area contributed by atoms with Crippen LogP contribution in [0.2, 0.25) is 0 Å². The normalized spacial score (nSPS) is 15.5. The molecule has 1 aromatic heterocycles. The monoisotopic (exact) mass is 358 g/mol. The Labute approximate surface area is 151 Å². The molecular formula is C18H22N4O4. The summed E-state index contributed by atoms with van der Waals surface area (Å²) in [5, 5.41) is 19.3. The van der Waals surface area contributed by atoms with Gasteiger partial charge in [-0.15, -0.1) is 10.2 Å². The van der Waals surface area contributed by atoms with Crippen LogP contribution in [0, 0.1) is 17.0 Å². The van der Waals surface area contributed by atoms with E-state index in [0.29, 0.717) is 36.0 Å². The molecule has 8 nitrogen and oxygen atoms in total. The van der Waals surface area contributed by atoms with Crippen molar-refractivity contribution in [3.05, 3.63) is 51.2 Å². The van der Waals surface area contributed by atoms with Gasteiger partial charge in [-0.25, -0.2) is 0 Å². The van der Waals surface area contributed by atoms with E-state index in [0.717, 1.165) is 12.8 Å². The summed E-state index contributed by atoms with van der Waals surface area (Å²) in [4.78, 5) is 25.0. The zero-order valence-electron chi connectivity index (χ0n) is 15.1. The Hall–Kier alpha value is -2.77. The molecule has 0 bridgehead atoms. The Bertz CT molecular complexity index is 822. The Morgan fingerprint density at radius 1 is 1.31 bits per heavy atom. The Morgan fingerprint density at radius 2 is 2.00 bits per heavy atom. The van der Waals surface area contributed by atoms with E-state index in [2.05, 4.69) is 10.2 Å². The van der Waals surface area contributed by atoms with Crippen LogP contribution in [0.15, 0.2) is 22.6 Å². The van der Waals surface area contributed by atoms with E-state index in [1.807, 2.05) is 13.8 Å². The van der Waals surface area contributed by atoms with Gasteiger partial charge in [0.15, 0.2) is 0 Å². The lowest BCUT2D eigenvalue weighted by molar-refractivity contribution is -0.385. The third-order valence-corrected chi connectivity index (χ3v) is 4.73. The number of hydrogen-bond donors (Lipinski definition) is 0. The molecule has 0 unspecified atom stereocenters. The average molecular weight is 358 g/mol. The van der Waals surface area contributed by atoms with Gasteiger partial charge in [-0.05, 0) is 25.8 Å². The van der Waals surface area contributed by atoms with Crippen LogP contribution in [0.4, 0.5) is 5.69 Å². The lowest BCUT2D eigenvalue weighted by Gasteiger charge is -2.30. The summed E-state index contributed by atoms with van der Waals surface area (Å²) < 4.78 is 5.72. The van der Waals surface area contributed by atoms with Gasteiger partial charge >= 0.3 is 0 Å². The lowest BCUT2D eigenvalue weighted by atomic mass is 9.96. The first-order valence-corrected chi connectivity index (χ1v) is 8.74. The van der Waals surface area contributed by atoms with E-state index < -0.39 is 4.92 Å². The van der Waals surface area contributed by atoms with Crippen molar-refractivity contribution in [3.8, 4) is 0 Å². The summed E-state index contributed by atoms with van der Waals surface area (Å²) >= 11 is 0. The topological polar surface area (TPSA) is 102 Å². The van der Waals surface area contributed by atoms with Crippen LogP contribution < -0.4 is 0 Å². The molecule has 2 aromatic rings. The summed E-state index contributed by atoms with van der Waals surface area (Å²) in [5.41, 5.74) is 0.862. The van der Waals surface area contributed by atoms with Gasteiger partial charge in [0, 0.05) is 42.1 Å². The van der Waals surface area contributed by atoms with Crippen molar-refractivity contribution >= 4 is 11.6 Å². The SMILES string of the molecule is Cc1ccc(C(=O)N2CCC(c3nnc(C(C)C)o3)CC2)cc1[N+](=O)[O-]. The van der Waals surface area contributed by atoms with Gasteiger partial charge in [-0.2, -0.15) is 0 Å². The van der Waals surface area contributed by atoms with Crippen molar-refractivity contribution in [3.63, 3.8) is 0 Å². The fraction of sp³-hybridized carbons (Fsp3) is 0.500. The van der Waals surface area contributed by atoms with Crippen molar-refractivity contribution < 1.29 is 14.1 Å². The highest BCUT2D eigenvalue weighted by atomic mass is 16.6. The molecule has 1 fully saturated rings. The maximum Gasteiger partial charge on any atom is 0.273 e. The largest absolute Gasteiger partial charge is 0.425 e. The third kappa shape index (κ3) is 3.58. The molecule has 1 aromatic carbocycles.